The summed E-state index contributed by atoms with van der Waals surface area (Å²) in [6, 6.07) is -0.367. The number of nitrogens with two attached hydrogens (primary N) is 1. The smallest absolute Gasteiger partial charge is 0.347 e. The number of hydrogen-bond acceptors (Lipinski definition) is 4. The molecule has 1 rings (SSSR count). The summed E-state index contributed by atoms with van der Waals surface area (Å²) in [5.74, 6) is -0.125. The lowest BCUT2D eigenvalue weighted by atomic mass is 10.2. The predicted octanol–water partition coefficient (Wildman–Crippen LogP) is 0.338. The molecular weight excluding hydrogens is 148 g/mol. The summed E-state index contributed by atoms with van der Waals surface area (Å²) in [6.45, 7) is 1.66. The molecule has 0 saturated heterocycles. The van der Waals surface area contributed by atoms with Gasteiger partial charge in [0.1, 0.15) is 0 Å². The summed E-state index contributed by atoms with van der Waals surface area (Å²) in [5.41, 5.74) is 5.86. The number of hydrogen-bond donors (Lipinski definition) is 2. The van der Waals surface area contributed by atoms with E-state index in [4.69, 9.17) is 5.73 Å². The summed E-state index contributed by atoms with van der Waals surface area (Å²) in [4.78, 5) is 9.73. The fraction of sp³-hybridized carbons (Fsp3) is 0.400. The average Bonchev–Trinajstić information content (AvgIpc) is 2.32. The normalized spacial score (nSPS) is 12.9. The van der Waals surface area contributed by atoms with Crippen LogP contribution < -0.4 is 5.73 Å². The highest BCUT2D eigenvalue weighted by atomic mass is 16.6. The van der Waals surface area contributed by atoms with Gasteiger partial charge < -0.3 is 15.8 Å². The van der Waals surface area contributed by atoms with E-state index in [0.717, 1.165) is 0 Å². The molecule has 0 saturated carbocycles. The Morgan fingerprint density at radius 1 is 1.91 bits per heavy atom. The van der Waals surface area contributed by atoms with Gasteiger partial charge in [0.15, 0.2) is 0 Å². The summed E-state index contributed by atoms with van der Waals surface area (Å²) in [7, 11) is 0. The second-order valence-electron chi connectivity index (χ2n) is 2.22. The monoisotopic (exact) mass is 156 g/mol. The maximum atomic E-state index is 10.3. The van der Waals surface area contributed by atoms with Crippen LogP contribution in [0.5, 0.6) is 0 Å². The number of nitro groups is 1. The number of nitrogens with one attached hydrogen (secondary N) is 1. The number of aromatic amines is 1. The topological polar surface area (TPSA) is 97.8 Å². The van der Waals surface area contributed by atoms with E-state index in [9.17, 15) is 10.1 Å². The van der Waals surface area contributed by atoms with Gasteiger partial charge in [-0.2, -0.15) is 0 Å². The molecule has 0 aliphatic carbocycles. The van der Waals surface area contributed by atoms with Gasteiger partial charge in [0.25, 0.3) is 0 Å². The van der Waals surface area contributed by atoms with Crippen LogP contribution in [0.2, 0.25) is 0 Å². The van der Waals surface area contributed by atoms with Crippen LogP contribution in [0.1, 0.15) is 18.5 Å². The molecule has 0 unspecified atom stereocenters. The number of rotatable bonds is 2. The van der Waals surface area contributed by atoms with Gasteiger partial charge in [-0.1, -0.05) is 5.10 Å². The van der Waals surface area contributed by atoms with Crippen molar-refractivity contribution in [1.82, 2.24) is 10.2 Å². The standard InChI is InChI=1S/C5H8N4O2/c1-3(6)4-2-7-8-5(4)9(10)11/h2-3H,6H2,1H3,(H,7,8)/t3-/m1/s1. The first-order chi connectivity index (χ1) is 5.13. The third-order valence-electron chi connectivity index (χ3n) is 1.32. The van der Waals surface area contributed by atoms with Crippen molar-refractivity contribution in [2.24, 2.45) is 5.73 Å². The van der Waals surface area contributed by atoms with Crippen molar-refractivity contribution >= 4 is 5.82 Å². The summed E-state index contributed by atoms with van der Waals surface area (Å²) in [6.07, 6.45) is 1.36. The van der Waals surface area contributed by atoms with Crippen molar-refractivity contribution in [3.05, 3.63) is 21.9 Å². The Hall–Kier alpha value is -1.43. The minimum Gasteiger partial charge on any atom is -0.358 e. The highest BCUT2D eigenvalue weighted by Gasteiger charge is 2.17. The fourth-order valence-corrected chi connectivity index (χ4v) is 0.768. The molecule has 1 heterocycles. The number of nitrogens with zero attached hydrogens (tertiary/aromatic N) is 2. The fourth-order valence-electron chi connectivity index (χ4n) is 0.768. The van der Waals surface area contributed by atoms with E-state index in [1.807, 2.05) is 0 Å². The summed E-state index contributed by atoms with van der Waals surface area (Å²) in [5, 5.41) is 16.0. The third-order valence-corrected chi connectivity index (χ3v) is 1.32. The van der Waals surface area contributed by atoms with Crippen LogP contribution in [0, 0.1) is 10.1 Å². The van der Waals surface area contributed by atoms with Crippen LogP contribution in [0.3, 0.4) is 0 Å². The molecule has 3 N–H and O–H groups in total. The first kappa shape index (κ1) is 7.67. The van der Waals surface area contributed by atoms with Crippen molar-refractivity contribution in [2.45, 2.75) is 13.0 Å². The van der Waals surface area contributed by atoms with E-state index in [2.05, 4.69) is 10.2 Å². The van der Waals surface area contributed by atoms with Gasteiger partial charge >= 0.3 is 5.82 Å². The zero-order chi connectivity index (χ0) is 8.43. The summed E-state index contributed by atoms with van der Waals surface area (Å²) < 4.78 is 0. The van der Waals surface area contributed by atoms with E-state index in [1.54, 1.807) is 6.92 Å². The molecule has 6 nitrogen and oxygen atoms in total. The Bertz CT molecular complexity index is 267. The molecule has 1 aromatic heterocycles. The van der Waals surface area contributed by atoms with Crippen LogP contribution in [0.4, 0.5) is 5.82 Å². The van der Waals surface area contributed by atoms with Crippen LogP contribution in [0.25, 0.3) is 0 Å². The highest BCUT2D eigenvalue weighted by Crippen LogP contribution is 2.18. The molecule has 6 heteroatoms. The molecule has 0 bridgehead atoms. The van der Waals surface area contributed by atoms with Gasteiger partial charge in [-0.3, -0.25) is 0 Å². The van der Waals surface area contributed by atoms with Crippen molar-refractivity contribution in [3.8, 4) is 0 Å². The van der Waals surface area contributed by atoms with Crippen molar-refractivity contribution in [1.29, 1.82) is 0 Å². The van der Waals surface area contributed by atoms with Crippen molar-refractivity contribution in [3.63, 3.8) is 0 Å². The molecule has 60 valence electrons. The Labute approximate surface area is 62.6 Å². The van der Waals surface area contributed by atoms with Gasteiger partial charge in [-0.15, -0.1) is 5.10 Å². The van der Waals surface area contributed by atoms with Gasteiger partial charge in [0, 0.05) is 6.04 Å². The van der Waals surface area contributed by atoms with Crippen LogP contribution in [0.15, 0.2) is 6.20 Å². The van der Waals surface area contributed by atoms with Gasteiger partial charge in [-0.25, -0.2) is 0 Å². The van der Waals surface area contributed by atoms with Gasteiger partial charge in [0.05, 0.1) is 11.8 Å². The quantitative estimate of drug-likeness (QED) is 0.476. The Morgan fingerprint density at radius 2 is 2.55 bits per heavy atom. The molecule has 0 aliphatic heterocycles. The van der Waals surface area contributed by atoms with Crippen LogP contribution >= 0.6 is 0 Å². The molecule has 0 aliphatic rings. The zero-order valence-electron chi connectivity index (χ0n) is 5.94. The van der Waals surface area contributed by atoms with Gasteiger partial charge in [0.2, 0.25) is 0 Å². The molecule has 1 aromatic rings. The second kappa shape index (κ2) is 2.67. The molecule has 0 aromatic carbocycles. The molecule has 11 heavy (non-hydrogen) atoms. The maximum absolute atomic E-state index is 10.3. The predicted molar refractivity (Wildman–Crippen MR) is 37.8 cm³/mol. The van der Waals surface area contributed by atoms with E-state index >= 15 is 0 Å². The van der Waals surface area contributed by atoms with Crippen molar-refractivity contribution < 1.29 is 4.92 Å². The second-order valence-corrected chi connectivity index (χ2v) is 2.22. The van der Waals surface area contributed by atoms with E-state index in [-0.39, 0.29) is 11.9 Å². The molecule has 1 atom stereocenters. The number of aromatic nitrogens is 2. The van der Waals surface area contributed by atoms with Crippen LogP contribution in [-0.2, 0) is 0 Å². The molecular formula is C5H8N4O2. The Morgan fingerprint density at radius 3 is 2.91 bits per heavy atom. The zero-order valence-corrected chi connectivity index (χ0v) is 5.94. The number of H-pyrrole nitrogens is 1. The minimum absolute atomic E-state index is 0.125. The lowest BCUT2D eigenvalue weighted by Gasteiger charge is -1.99. The summed E-state index contributed by atoms with van der Waals surface area (Å²) >= 11 is 0. The maximum Gasteiger partial charge on any atom is 0.347 e. The lowest BCUT2D eigenvalue weighted by Crippen LogP contribution is -2.06. The Balaban J connectivity index is 3.06. The largest absolute Gasteiger partial charge is 0.358 e. The third kappa shape index (κ3) is 1.35. The average molecular weight is 156 g/mol. The first-order valence-corrected chi connectivity index (χ1v) is 3.06. The lowest BCUT2D eigenvalue weighted by molar-refractivity contribution is -0.390. The molecule has 0 fully saturated rings. The first-order valence-electron chi connectivity index (χ1n) is 3.06. The van der Waals surface area contributed by atoms with E-state index in [0.29, 0.717) is 5.56 Å². The minimum atomic E-state index is -0.536. The highest BCUT2D eigenvalue weighted by molar-refractivity contribution is 5.31. The molecule has 0 radical (unpaired) electrons. The Kier molecular flexibility index (Phi) is 1.86. The van der Waals surface area contributed by atoms with Crippen molar-refractivity contribution in [2.75, 3.05) is 0 Å². The van der Waals surface area contributed by atoms with Gasteiger partial charge in [-0.05, 0) is 11.8 Å². The van der Waals surface area contributed by atoms with E-state index < -0.39 is 4.92 Å². The molecule has 0 spiro atoms. The SMILES string of the molecule is C[C@@H](N)c1cn[nH]c1[N+](=O)[O-]. The molecule has 0 amide bonds. The van der Waals surface area contributed by atoms with Crippen LogP contribution in [-0.4, -0.2) is 15.1 Å². The van der Waals surface area contributed by atoms with E-state index in [1.165, 1.54) is 6.20 Å².